The molecule has 104 valence electrons. The van der Waals surface area contributed by atoms with Crippen LogP contribution in [0.2, 0.25) is 0 Å². The molecule has 1 aromatic carbocycles. The van der Waals surface area contributed by atoms with E-state index in [4.69, 9.17) is 0 Å². The first-order valence-electron chi connectivity index (χ1n) is 6.72. The van der Waals surface area contributed by atoms with E-state index in [1.165, 1.54) is 44.2 Å². The Hall–Kier alpha value is -0.350. The molecule has 1 aliphatic carbocycles. The Morgan fingerprint density at radius 2 is 2.05 bits per heavy atom. The normalized spacial score (nSPS) is 16.5. The molecule has 1 aromatic rings. The van der Waals surface area contributed by atoms with Gasteiger partial charge in [0.25, 0.3) is 0 Å². The SMILES string of the molecule is O=C(CSC1CCCCC1)Cc1cc(F)ccc1Br. The van der Waals surface area contributed by atoms with Gasteiger partial charge in [0.15, 0.2) is 0 Å². The summed E-state index contributed by atoms with van der Waals surface area (Å²) in [5.41, 5.74) is 0.745. The lowest BCUT2D eigenvalue weighted by Crippen LogP contribution is -2.13. The van der Waals surface area contributed by atoms with Gasteiger partial charge in [-0.3, -0.25) is 4.79 Å². The molecule has 0 atom stereocenters. The summed E-state index contributed by atoms with van der Waals surface area (Å²) in [6.07, 6.45) is 6.71. The van der Waals surface area contributed by atoms with Crippen LogP contribution in [0.3, 0.4) is 0 Å². The molecule has 2 rings (SSSR count). The van der Waals surface area contributed by atoms with Crippen molar-refractivity contribution in [2.75, 3.05) is 5.75 Å². The van der Waals surface area contributed by atoms with Crippen LogP contribution in [0.15, 0.2) is 22.7 Å². The summed E-state index contributed by atoms with van der Waals surface area (Å²) in [6.45, 7) is 0. The molecule has 4 heteroatoms. The largest absolute Gasteiger partial charge is 0.298 e. The van der Waals surface area contributed by atoms with Gasteiger partial charge in [0, 0.05) is 16.1 Å². The number of halogens is 2. The third kappa shape index (κ3) is 4.92. The average Bonchev–Trinajstić information content (AvgIpc) is 2.42. The van der Waals surface area contributed by atoms with E-state index in [9.17, 15) is 9.18 Å². The van der Waals surface area contributed by atoms with Crippen LogP contribution >= 0.6 is 27.7 Å². The molecule has 0 aromatic heterocycles. The van der Waals surface area contributed by atoms with Crippen LogP contribution in [-0.4, -0.2) is 16.8 Å². The number of hydrogen-bond acceptors (Lipinski definition) is 2. The Labute approximate surface area is 126 Å². The lowest BCUT2D eigenvalue weighted by atomic mass is 10.0. The van der Waals surface area contributed by atoms with Crippen LogP contribution in [0, 0.1) is 5.82 Å². The monoisotopic (exact) mass is 344 g/mol. The van der Waals surface area contributed by atoms with Crippen molar-refractivity contribution in [1.29, 1.82) is 0 Å². The second-order valence-electron chi connectivity index (χ2n) is 5.02. The summed E-state index contributed by atoms with van der Waals surface area (Å²) in [5, 5.41) is 0.647. The van der Waals surface area contributed by atoms with Crippen molar-refractivity contribution >= 4 is 33.5 Å². The van der Waals surface area contributed by atoms with E-state index < -0.39 is 0 Å². The third-order valence-corrected chi connectivity index (χ3v) is 5.63. The average molecular weight is 345 g/mol. The van der Waals surface area contributed by atoms with Gasteiger partial charge in [-0.05, 0) is 36.6 Å². The highest BCUT2D eigenvalue weighted by Crippen LogP contribution is 2.28. The number of ketones is 1. The Morgan fingerprint density at radius 3 is 2.79 bits per heavy atom. The second kappa shape index (κ2) is 7.44. The number of benzene rings is 1. The van der Waals surface area contributed by atoms with Crippen molar-refractivity contribution in [1.82, 2.24) is 0 Å². The van der Waals surface area contributed by atoms with Gasteiger partial charge in [-0.15, -0.1) is 0 Å². The highest BCUT2D eigenvalue weighted by atomic mass is 79.9. The van der Waals surface area contributed by atoms with Crippen molar-refractivity contribution in [3.63, 3.8) is 0 Å². The fourth-order valence-electron chi connectivity index (χ4n) is 2.38. The summed E-state index contributed by atoms with van der Waals surface area (Å²) in [4.78, 5) is 12.0. The molecule has 0 saturated heterocycles. The molecule has 19 heavy (non-hydrogen) atoms. The number of Topliss-reactive ketones (excluding diaryl/α,β-unsaturated/α-hetero) is 1. The zero-order valence-electron chi connectivity index (χ0n) is 10.8. The predicted octanol–water partition coefficient (Wildman–Crippen LogP) is 4.77. The van der Waals surface area contributed by atoms with Crippen LogP contribution in [0.4, 0.5) is 4.39 Å². The lowest BCUT2D eigenvalue weighted by Gasteiger charge is -2.20. The summed E-state index contributed by atoms with van der Waals surface area (Å²) in [7, 11) is 0. The molecule has 0 unspecified atom stereocenters. The third-order valence-electron chi connectivity index (χ3n) is 3.43. The van der Waals surface area contributed by atoms with Crippen molar-refractivity contribution in [3.05, 3.63) is 34.1 Å². The van der Waals surface area contributed by atoms with Crippen LogP contribution in [0.1, 0.15) is 37.7 Å². The number of hydrogen-bond donors (Lipinski definition) is 0. The number of carbonyl (C=O) groups excluding carboxylic acids is 1. The van der Waals surface area contributed by atoms with E-state index in [0.717, 1.165) is 10.0 Å². The molecule has 0 bridgehead atoms. The standard InChI is InChI=1S/C15H18BrFOS/c16-15-7-6-12(17)8-11(15)9-13(18)10-19-14-4-2-1-3-5-14/h6-8,14H,1-5,9-10H2. The second-order valence-corrected chi connectivity index (χ2v) is 7.17. The van der Waals surface area contributed by atoms with Gasteiger partial charge in [0.05, 0.1) is 5.75 Å². The van der Waals surface area contributed by atoms with E-state index in [-0.39, 0.29) is 11.6 Å². The molecular weight excluding hydrogens is 327 g/mol. The van der Waals surface area contributed by atoms with E-state index in [0.29, 0.717) is 17.4 Å². The fraction of sp³-hybridized carbons (Fsp3) is 0.533. The minimum Gasteiger partial charge on any atom is -0.298 e. The van der Waals surface area contributed by atoms with E-state index in [1.807, 2.05) is 0 Å². The summed E-state index contributed by atoms with van der Waals surface area (Å²) < 4.78 is 13.9. The maximum absolute atomic E-state index is 13.1. The molecule has 0 radical (unpaired) electrons. The molecular formula is C15H18BrFOS. The maximum Gasteiger partial charge on any atom is 0.147 e. The highest BCUT2D eigenvalue weighted by molar-refractivity contribution is 9.10. The number of carbonyl (C=O) groups is 1. The fourth-order valence-corrected chi connectivity index (χ4v) is 3.96. The Bertz CT molecular complexity index is 444. The molecule has 0 aliphatic heterocycles. The van der Waals surface area contributed by atoms with Crippen molar-refractivity contribution < 1.29 is 9.18 Å². The van der Waals surface area contributed by atoms with Crippen molar-refractivity contribution in [2.24, 2.45) is 0 Å². The number of thioether (sulfide) groups is 1. The highest BCUT2D eigenvalue weighted by Gasteiger charge is 2.16. The van der Waals surface area contributed by atoms with E-state index in [2.05, 4.69) is 15.9 Å². The summed E-state index contributed by atoms with van der Waals surface area (Å²) >= 11 is 5.14. The summed E-state index contributed by atoms with van der Waals surface area (Å²) in [6, 6.07) is 4.49. The molecule has 1 fully saturated rings. The summed E-state index contributed by atoms with van der Waals surface area (Å²) in [5.74, 6) is 0.445. The lowest BCUT2D eigenvalue weighted by molar-refractivity contribution is -0.116. The number of rotatable bonds is 5. The van der Waals surface area contributed by atoms with Crippen LogP contribution in [0.25, 0.3) is 0 Å². The van der Waals surface area contributed by atoms with Crippen LogP contribution < -0.4 is 0 Å². The predicted molar refractivity (Wildman–Crippen MR) is 82.1 cm³/mol. The molecule has 1 aliphatic rings. The van der Waals surface area contributed by atoms with Gasteiger partial charge >= 0.3 is 0 Å². The van der Waals surface area contributed by atoms with Gasteiger partial charge in [0.2, 0.25) is 0 Å². The first-order chi connectivity index (χ1) is 9.15. The van der Waals surface area contributed by atoms with Gasteiger partial charge < -0.3 is 0 Å². The van der Waals surface area contributed by atoms with Crippen molar-refractivity contribution in [2.45, 2.75) is 43.8 Å². The Kier molecular flexibility index (Phi) is 5.89. The first-order valence-corrected chi connectivity index (χ1v) is 8.56. The van der Waals surface area contributed by atoms with Gasteiger partial charge in [-0.2, -0.15) is 11.8 Å². The minimum absolute atomic E-state index is 0.182. The first kappa shape index (κ1) is 15.0. The quantitative estimate of drug-likeness (QED) is 0.765. The van der Waals surface area contributed by atoms with Crippen molar-refractivity contribution in [3.8, 4) is 0 Å². The molecule has 1 nitrogen and oxygen atoms in total. The van der Waals surface area contributed by atoms with Gasteiger partial charge in [0.1, 0.15) is 11.6 Å². The molecule has 0 spiro atoms. The minimum atomic E-state index is -0.286. The molecule has 0 amide bonds. The van der Waals surface area contributed by atoms with E-state index >= 15 is 0 Å². The van der Waals surface area contributed by atoms with Gasteiger partial charge in [-0.1, -0.05) is 35.2 Å². The zero-order valence-corrected chi connectivity index (χ0v) is 13.2. The van der Waals surface area contributed by atoms with Crippen LogP contribution in [0.5, 0.6) is 0 Å². The molecule has 0 N–H and O–H groups in total. The molecule has 1 saturated carbocycles. The Balaban J connectivity index is 1.81. The smallest absolute Gasteiger partial charge is 0.147 e. The maximum atomic E-state index is 13.1. The van der Waals surface area contributed by atoms with E-state index in [1.54, 1.807) is 17.8 Å². The topological polar surface area (TPSA) is 17.1 Å². The Morgan fingerprint density at radius 1 is 1.32 bits per heavy atom. The molecule has 0 heterocycles. The van der Waals surface area contributed by atoms with Gasteiger partial charge in [-0.25, -0.2) is 4.39 Å². The zero-order chi connectivity index (χ0) is 13.7. The van der Waals surface area contributed by atoms with Crippen LogP contribution in [-0.2, 0) is 11.2 Å².